The number of ether oxygens (including phenoxy) is 1. The number of carbonyl (C=O) groups excluding carboxylic acids is 1. The summed E-state index contributed by atoms with van der Waals surface area (Å²) >= 11 is 0. The SMILES string of the molecule is CC(C)[C@@H]1CC(O)O[C@H]([C@@H](C)[C@H]2CC(=O)[C@@H]3[C@@H]4[C@@H](O)[C@H](O)[C@H]5[C@@H](O)[C@H](O)CC[C@]5(C)[C@H]4CC[C@]23C)C1. The Morgan fingerprint density at radius 3 is 2.22 bits per heavy atom. The minimum Gasteiger partial charge on any atom is -0.390 e. The highest BCUT2D eigenvalue weighted by atomic mass is 16.6. The predicted molar refractivity (Wildman–Crippen MR) is 133 cm³/mol. The third-order valence-electron chi connectivity index (χ3n) is 12.2. The van der Waals surface area contributed by atoms with Gasteiger partial charge in [0.1, 0.15) is 5.78 Å². The molecule has 5 aliphatic rings. The van der Waals surface area contributed by atoms with Crippen LogP contribution in [0.15, 0.2) is 0 Å². The second-order valence-corrected chi connectivity index (χ2v) is 14.1. The fourth-order valence-corrected chi connectivity index (χ4v) is 10.1. The van der Waals surface area contributed by atoms with Gasteiger partial charge in [-0.15, -0.1) is 0 Å². The van der Waals surface area contributed by atoms with Crippen LogP contribution < -0.4 is 0 Å². The number of hydrogen-bond acceptors (Lipinski definition) is 7. The quantitative estimate of drug-likeness (QED) is 0.396. The molecular weight excluding hydrogens is 460 g/mol. The topological polar surface area (TPSA) is 127 Å². The van der Waals surface area contributed by atoms with Crippen LogP contribution in [0.3, 0.4) is 0 Å². The van der Waals surface area contributed by atoms with E-state index >= 15 is 0 Å². The van der Waals surface area contributed by atoms with E-state index in [0.717, 1.165) is 19.3 Å². The largest absolute Gasteiger partial charge is 0.390 e. The Balaban J connectivity index is 1.44. The van der Waals surface area contributed by atoms with Gasteiger partial charge in [-0.25, -0.2) is 0 Å². The van der Waals surface area contributed by atoms with Gasteiger partial charge in [-0.05, 0) is 72.5 Å². The second-order valence-electron chi connectivity index (χ2n) is 14.1. The molecule has 206 valence electrons. The Bertz CT molecular complexity index is 847. The summed E-state index contributed by atoms with van der Waals surface area (Å²) in [7, 11) is 0. The maximum Gasteiger partial charge on any atom is 0.155 e. The minimum absolute atomic E-state index is 0.0113. The van der Waals surface area contributed by atoms with Crippen LogP contribution in [0.4, 0.5) is 0 Å². The Morgan fingerprint density at radius 1 is 0.889 bits per heavy atom. The van der Waals surface area contributed by atoms with E-state index in [4.69, 9.17) is 4.74 Å². The molecule has 0 radical (unpaired) electrons. The average molecular weight is 509 g/mol. The van der Waals surface area contributed by atoms with Gasteiger partial charge in [0.05, 0.1) is 30.5 Å². The summed E-state index contributed by atoms with van der Waals surface area (Å²) < 4.78 is 6.06. The summed E-state index contributed by atoms with van der Waals surface area (Å²) in [6, 6.07) is 0. The maximum atomic E-state index is 13.8. The number of aliphatic hydroxyl groups is 5. The van der Waals surface area contributed by atoms with E-state index < -0.39 is 42.0 Å². The molecule has 4 saturated carbocycles. The normalized spacial score (nSPS) is 56.1. The number of Topliss-reactive ketones (excluding diaryl/α,β-unsaturated/α-hetero) is 1. The van der Waals surface area contributed by atoms with Gasteiger partial charge in [-0.2, -0.15) is 0 Å². The monoisotopic (exact) mass is 508 g/mol. The molecule has 5 fully saturated rings. The van der Waals surface area contributed by atoms with Gasteiger partial charge >= 0.3 is 0 Å². The van der Waals surface area contributed by atoms with E-state index in [9.17, 15) is 30.3 Å². The van der Waals surface area contributed by atoms with Crippen molar-refractivity contribution in [3.05, 3.63) is 0 Å². The highest BCUT2D eigenvalue weighted by Gasteiger charge is 2.69. The molecule has 0 amide bonds. The summed E-state index contributed by atoms with van der Waals surface area (Å²) in [4.78, 5) is 13.8. The van der Waals surface area contributed by atoms with Crippen LogP contribution in [-0.2, 0) is 9.53 Å². The molecule has 0 aromatic rings. The summed E-state index contributed by atoms with van der Waals surface area (Å²) in [6.45, 7) is 10.8. The van der Waals surface area contributed by atoms with Gasteiger partial charge < -0.3 is 30.3 Å². The Morgan fingerprint density at radius 2 is 1.56 bits per heavy atom. The van der Waals surface area contributed by atoms with E-state index in [1.807, 2.05) is 0 Å². The molecule has 36 heavy (non-hydrogen) atoms. The van der Waals surface area contributed by atoms with Crippen LogP contribution in [0.25, 0.3) is 0 Å². The molecule has 7 heteroatoms. The molecule has 1 aliphatic heterocycles. The summed E-state index contributed by atoms with van der Waals surface area (Å²) in [6.07, 6.45) is -0.315. The third-order valence-corrected chi connectivity index (χ3v) is 12.2. The Kier molecular flexibility index (Phi) is 6.96. The second kappa shape index (κ2) is 9.27. The van der Waals surface area contributed by atoms with Gasteiger partial charge in [0.15, 0.2) is 6.29 Å². The van der Waals surface area contributed by atoms with Gasteiger partial charge in [0, 0.05) is 30.6 Å². The van der Waals surface area contributed by atoms with E-state index in [1.54, 1.807) is 0 Å². The van der Waals surface area contributed by atoms with Crippen molar-refractivity contribution in [2.24, 2.45) is 58.2 Å². The molecule has 7 nitrogen and oxygen atoms in total. The van der Waals surface area contributed by atoms with Crippen LogP contribution in [0.1, 0.15) is 79.6 Å². The first-order valence-electron chi connectivity index (χ1n) is 14.4. The van der Waals surface area contributed by atoms with Crippen LogP contribution in [0, 0.1) is 58.2 Å². The number of ketones is 1. The first kappa shape index (κ1) is 27.0. The van der Waals surface area contributed by atoms with Crippen molar-refractivity contribution >= 4 is 5.78 Å². The van der Waals surface area contributed by atoms with Crippen molar-refractivity contribution in [1.82, 2.24) is 0 Å². The van der Waals surface area contributed by atoms with E-state index in [-0.39, 0.29) is 46.9 Å². The number of rotatable bonds is 3. The molecular formula is C29H48O7. The van der Waals surface area contributed by atoms with Crippen molar-refractivity contribution in [1.29, 1.82) is 0 Å². The first-order valence-corrected chi connectivity index (χ1v) is 14.4. The average Bonchev–Trinajstić information content (AvgIpc) is 3.09. The van der Waals surface area contributed by atoms with Crippen LogP contribution in [0.2, 0.25) is 0 Å². The minimum atomic E-state index is -1.17. The molecule has 0 aromatic heterocycles. The lowest BCUT2D eigenvalue weighted by molar-refractivity contribution is -0.251. The lowest BCUT2D eigenvalue weighted by Gasteiger charge is -2.64. The molecule has 1 saturated heterocycles. The molecule has 4 aliphatic carbocycles. The zero-order chi connectivity index (χ0) is 26.3. The highest BCUT2D eigenvalue weighted by molar-refractivity contribution is 5.85. The lowest BCUT2D eigenvalue weighted by Crippen LogP contribution is -2.68. The predicted octanol–water partition coefficient (Wildman–Crippen LogP) is 2.50. The summed E-state index contributed by atoms with van der Waals surface area (Å²) in [5.41, 5.74) is -0.748. The molecule has 5 rings (SSSR count). The fraction of sp³-hybridized carbons (Fsp3) is 0.966. The summed E-state index contributed by atoms with van der Waals surface area (Å²) in [5.74, 6) is -0.0824. The number of carbonyl (C=O) groups is 1. The number of hydrogen-bond donors (Lipinski definition) is 5. The third kappa shape index (κ3) is 3.86. The van der Waals surface area contributed by atoms with Gasteiger partial charge in [-0.3, -0.25) is 4.79 Å². The first-order chi connectivity index (χ1) is 16.8. The molecule has 5 N–H and O–H groups in total. The van der Waals surface area contributed by atoms with E-state index in [1.165, 1.54) is 0 Å². The van der Waals surface area contributed by atoms with E-state index in [2.05, 4.69) is 34.6 Å². The van der Waals surface area contributed by atoms with Crippen LogP contribution in [0.5, 0.6) is 0 Å². The molecule has 1 heterocycles. The zero-order valence-electron chi connectivity index (χ0n) is 22.6. The molecule has 0 bridgehead atoms. The number of fused-ring (bicyclic) bond motifs is 5. The molecule has 15 atom stereocenters. The van der Waals surface area contributed by atoms with Gasteiger partial charge in [0.25, 0.3) is 0 Å². The smallest absolute Gasteiger partial charge is 0.155 e. The standard InChI is InChI=1S/C29H48O7/c1-13(2)15-10-20(36-21(32)11-15)14(3)17-12-19(31)23-22-16(6-8-29(17,23)5)28(4)9-7-18(30)25(33)24(28)27(35)26(22)34/h13-18,20-27,30,32-35H,6-12H2,1-5H3/t14-,15-,16-,17+,18+,20-,21?,22+,23+,24+,25-,26+,27+,28+,29+/m0/s1. The molecule has 0 aromatic carbocycles. The maximum absolute atomic E-state index is 13.8. The molecule has 0 spiro atoms. The van der Waals surface area contributed by atoms with E-state index in [0.29, 0.717) is 37.5 Å². The zero-order valence-corrected chi connectivity index (χ0v) is 22.6. The lowest BCUT2D eigenvalue weighted by atomic mass is 9.42. The molecule has 1 unspecified atom stereocenters. The van der Waals surface area contributed by atoms with Crippen molar-refractivity contribution in [2.45, 2.75) is 116 Å². The van der Waals surface area contributed by atoms with Crippen LogP contribution in [-0.4, -0.2) is 68.1 Å². The number of aliphatic hydroxyl groups excluding tert-OH is 5. The Labute approximate surface area is 215 Å². The highest BCUT2D eigenvalue weighted by Crippen LogP contribution is 2.67. The van der Waals surface area contributed by atoms with Crippen molar-refractivity contribution < 1.29 is 35.1 Å². The van der Waals surface area contributed by atoms with Gasteiger partial charge in [0.2, 0.25) is 0 Å². The van der Waals surface area contributed by atoms with Crippen molar-refractivity contribution in [2.75, 3.05) is 0 Å². The van der Waals surface area contributed by atoms with Crippen molar-refractivity contribution in [3.8, 4) is 0 Å². The Hall–Kier alpha value is -0.570. The summed E-state index contributed by atoms with van der Waals surface area (Å²) in [5, 5.41) is 54.3. The van der Waals surface area contributed by atoms with Gasteiger partial charge in [-0.1, -0.05) is 34.6 Å². The van der Waals surface area contributed by atoms with Crippen molar-refractivity contribution in [3.63, 3.8) is 0 Å². The van der Waals surface area contributed by atoms with Crippen LogP contribution >= 0.6 is 0 Å². The fourth-order valence-electron chi connectivity index (χ4n) is 10.1.